The standard InChI is InChI=1S/C13H16N2O2S/c1-13(2,3)17-12(16)8-18-11-6-9(7-14)4-5-10(11)15/h4-6H,8,15H2,1-3H3. The Bertz CT molecular complexity index is 487. The minimum atomic E-state index is -0.488. The van der Waals surface area contributed by atoms with Gasteiger partial charge in [-0.05, 0) is 39.0 Å². The summed E-state index contributed by atoms with van der Waals surface area (Å²) < 4.78 is 5.19. The lowest BCUT2D eigenvalue weighted by molar-refractivity contribution is -0.151. The van der Waals surface area contributed by atoms with Gasteiger partial charge in [0.2, 0.25) is 0 Å². The zero-order valence-electron chi connectivity index (χ0n) is 10.7. The first-order valence-electron chi connectivity index (χ1n) is 5.46. The maximum Gasteiger partial charge on any atom is 0.316 e. The second-order valence-electron chi connectivity index (χ2n) is 4.74. The number of ether oxygens (including phenoxy) is 1. The molecule has 0 saturated carbocycles. The van der Waals surface area contributed by atoms with Crippen LogP contribution in [0, 0.1) is 11.3 Å². The van der Waals surface area contributed by atoms with E-state index in [9.17, 15) is 4.79 Å². The highest BCUT2D eigenvalue weighted by molar-refractivity contribution is 8.00. The molecule has 0 aliphatic rings. The van der Waals surface area contributed by atoms with Crippen LogP contribution in [0.5, 0.6) is 0 Å². The van der Waals surface area contributed by atoms with Crippen molar-refractivity contribution < 1.29 is 9.53 Å². The molecular formula is C13H16N2O2S. The number of nitriles is 1. The molecule has 1 rings (SSSR count). The quantitative estimate of drug-likeness (QED) is 0.516. The Kier molecular flexibility index (Phi) is 4.62. The smallest absolute Gasteiger partial charge is 0.316 e. The number of carbonyl (C=O) groups excluding carboxylic acids is 1. The first kappa shape index (κ1) is 14.4. The zero-order valence-corrected chi connectivity index (χ0v) is 11.5. The van der Waals surface area contributed by atoms with Crippen molar-refractivity contribution in [2.24, 2.45) is 0 Å². The fraction of sp³-hybridized carbons (Fsp3) is 0.385. The number of carbonyl (C=O) groups is 1. The number of hydrogen-bond donors (Lipinski definition) is 1. The minimum absolute atomic E-state index is 0.177. The van der Waals surface area contributed by atoms with E-state index in [1.807, 2.05) is 26.8 Å². The number of thioether (sulfide) groups is 1. The van der Waals surface area contributed by atoms with Gasteiger partial charge in [-0.3, -0.25) is 4.79 Å². The molecule has 4 nitrogen and oxygen atoms in total. The molecule has 2 N–H and O–H groups in total. The van der Waals surface area contributed by atoms with Crippen molar-refractivity contribution in [3.05, 3.63) is 23.8 Å². The number of nitrogens with two attached hydrogens (primary N) is 1. The average molecular weight is 264 g/mol. The van der Waals surface area contributed by atoms with Gasteiger partial charge in [-0.15, -0.1) is 11.8 Å². The molecule has 0 saturated heterocycles. The monoisotopic (exact) mass is 264 g/mol. The summed E-state index contributed by atoms with van der Waals surface area (Å²) in [4.78, 5) is 12.3. The van der Waals surface area contributed by atoms with Gasteiger partial charge in [-0.2, -0.15) is 5.26 Å². The van der Waals surface area contributed by atoms with E-state index in [0.29, 0.717) is 11.3 Å². The Balaban J connectivity index is 2.64. The predicted octanol–water partition coefficient (Wildman–Crippen LogP) is 2.57. The number of benzene rings is 1. The van der Waals surface area contributed by atoms with Crippen molar-refractivity contribution in [1.82, 2.24) is 0 Å². The number of esters is 1. The first-order chi connectivity index (χ1) is 8.31. The number of hydrogen-bond acceptors (Lipinski definition) is 5. The van der Waals surface area contributed by atoms with Gasteiger partial charge in [0.1, 0.15) is 5.60 Å². The van der Waals surface area contributed by atoms with Crippen molar-refractivity contribution in [3.8, 4) is 6.07 Å². The van der Waals surface area contributed by atoms with Gasteiger partial charge in [-0.25, -0.2) is 0 Å². The summed E-state index contributed by atoms with van der Waals surface area (Å²) in [6, 6.07) is 7.01. The molecule has 18 heavy (non-hydrogen) atoms. The van der Waals surface area contributed by atoms with Crippen LogP contribution < -0.4 is 5.73 Å². The molecular weight excluding hydrogens is 248 g/mol. The molecule has 0 heterocycles. The Hall–Kier alpha value is -1.67. The molecule has 0 bridgehead atoms. The molecule has 0 aliphatic carbocycles. The highest BCUT2D eigenvalue weighted by atomic mass is 32.2. The molecule has 0 fully saturated rings. The first-order valence-corrected chi connectivity index (χ1v) is 6.44. The van der Waals surface area contributed by atoms with E-state index in [2.05, 4.69) is 0 Å². The summed E-state index contributed by atoms with van der Waals surface area (Å²) in [5.41, 5.74) is 6.37. The summed E-state index contributed by atoms with van der Waals surface area (Å²) in [5.74, 6) is -0.120. The maximum absolute atomic E-state index is 11.5. The topological polar surface area (TPSA) is 76.1 Å². The summed E-state index contributed by atoms with van der Waals surface area (Å²) in [6.07, 6.45) is 0. The Morgan fingerprint density at radius 1 is 1.50 bits per heavy atom. The lowest BCUT2D eigenvalue weighted by Gasteiger charge is -2.19. The van der Waals surface area contributed by atoms with Crippen LogP contribution in [-0.4, -0.2) is 17.3 Å². The van der Waals surface area contributed by atoms with Gasteiger partial charge in [0.25, 0.3) is 0 Å². The second kappa shape index (κ2) is 5.78. The molecule has 96 valence electrons. The average Bonchev–Trinajstić information content (AvgIpc) is 2.25. The second-order valence-corrected chi connectivity index (χ2v) is 5.76. The van der Waals surface area contributed by atoms with Crippen molar-refractivity contribution in [2.45, 2.75) is 31.3 Å². The third-order valence-electron chi connectivity index (χ3n) is 1.91. The molecule has 1 aromatic rings. The van der Waals surface area contributed by atoms with E-state index in [1.54, 1.807) is 18.2 Å². The summed E-state index contributed by atoms with van der Waals surface area (Å²) in [7, 11) is 0. The molecule has 0 radical (unpaired) electrons. The van der Waals surface area contributed by atoms with Crippen molar-refractivity contribution in [3.63, 3.8) is 0 Å². The molecule has 0 unspecified atom stereocenters. The molecule has 0 aliphatic heterocycles. The van der Waals surface area contributed by atoms with Crippen molar-refractivity contribution in [2.75, 3.05) is 11.5 Å². The highest BCUT2D eigenvalue weighted by Crippen LogP contribution is 2.26. The third kappa shape index (κ3) is 4.68. The normalized spacial score (nSPS) is 10.8. The van der Waals surface area contributed by atoms with Crippen LogP contribution in [0.3, 0.4) is 0 Å². The van der Waals surface area contributed by atoms with Crippen LogP contribution in [0.4, 0.5) is 5.69 Å². The maximum atomic E-state index is 11.5. The minimum Gasteiger partial charge on any atom is -0.459 e. The van der Waals surface area contributed by atoms with Crippen LogP contribution in [0.15, 0.2) is 23.1 Å². The molecule has 1 aromatic carbocycles. The fourth-order valence-electron chi connectivity index (χ4n) is 1.24. The fourth-order valence-corrected chi connectivity index (χ4v) is 2.01. The third-order valence-corrected chi connectivity index (χ3v) is 2.95. The van der Waals surface area contributed by atoms with Gasteiger partial charge >= 0.3 is 5.97 Å². The van der Waals surface area contributed by atoms with E-state index in [0.717, 1.165) is 4.90 Å². The predicted molar refractivity (Wildman–Crippen MR) is 72.1 cm³/mol. The van der Waals surface area contributed by atoms with E-state index >= 15 is 0 Å². The lowest BCUT2D eigenvalue weighted by atomic mass is 10.2. The summed E-state index contributed by atoms with van der Waals surface area (Å²) in [6.45, 7) is 5.46. The van der Waals surface area contributed by atoms with Crippen LogP contribution in [0.1, 0.15) is 26.3 Å². The molecule has 0 spiro atoms. The lowest BCUT2D eigenvalue weighted by Crippen LogP contribution is -2.24. The molecule has 5 heteroatoms. The van der Waals surface area contributed by atoms with Crippen molar-refractivity contribution >= 4 is 23.4 Å². The van der Waals surface area contributed by atoms with Crippen LogP contribution in [-0.2, 0) is 9.53 Å². The van der Waals surface area contributed by atoms with Crippen LogP contribution >= 0.6 is 11.8 Å². The highest BCUT2D eigenvalue weighted by Gasteiger charge is 2.16. The Labute approximate surface area is 111 Å². The van der Waals surface area contributed by atoms with Crippen LogP contribution in [0.25, 0.3) is 0 Å². The summed E-state index contributed by atoms with van der Waals surface area (Å²) >= 11 is 1.27. The van der Waals surface area contributed by atoms with Gasteiger partial charge in [0.05, 0.1) is 17.4 Å². The van der Waals surface area contributed by atoms with Gasteiger partial charge in [-0.1, -0.05) is 0 Å². The number of anilines is 1. The largest absolute Gasteiger partial charge is 0.459 e. The number of nitrogens with zero attached hydrogens (tertiary/aromatic N) is 1. The van der Waals surface area contributed by atoms with Gasteiger partial charge in [0, 0.05) is 10.6 Å². The van der Waals surface area contributed by atoms with E-state index in [1.165, 1.54) is 11.8 Å². The SMILES string of the molecule is CC(C)(C)OC(=O)CSc1cc(C#N)ccc1N. The molecule has 0 aromatic heterocycles. The molecule has 0 amide bonds. The van der Waals surface area contributed by atoms with Gasteiger partial charge < -0.3 is 10.5 Å². The number of nitrogen functional groups attached to an aromatic ring is 1. The van der Waals surface area contributed by atoms with E-state index in [4.69, 9.17) is 15.7 Å². The van der Waals surface area contributed by atoms with E-state index in [-0.39, 0.29) is 11.7 Å². The Morgan fingerprint density at radius 2 is 2.17 bits per heavy atom. The summed E-state index contributed by atoms with van der Waals surface area (Å²) in [5, 5.41) is 8.79. The molecule has 0 atom stereocenters. The zero-order chi connectivity index (χ0) is 13.8. The number of rotatable bonds is 3. The van der Waals surface area contributed by atoms with Gasteiger partial charge in [0.15, 0.2) is 0 Å². The van der Waals surface area contributed by atoms with E-state index < -0.39 is 5.60 Å². The van der Waals surface area contributed by atoms with Crippen molar-refractivity contribution in [1.29, 1.82) is 5.26 Å². The Morgan fingerprint density at radius 3 is 2.72 bits per heavy atom. The van der Waals surface area contributed by atoms with Crippen LogP contribution in [0.2, 0.25) is 0 Å².